The van der Waals surface area contributed by atoms with E-state index in [-0.39, 0.29) is 0 Å². The summed E-state index contributed by atoms with van der Waals surface area (Å²) in [4.78, 5) is 0. The van der Waals surface area contributed by atoms with Gasteiger partial charge in [0.15, 0.2) is 0 Å². The summed E-state index contributed by atoms with van der Waals surface area (Å²) in [5.74, 6) is 1.42. The van der Waals surface area contributed by atoms with Crippen LogP contribution >= 0.6 is 0 Å². The van der Waals surface area contributed by atoms with Gasteiger partial charge in [0.2, 0.25) is 0 Å². The molecule has 0 aliphatic rings. The molecule has 0 rings (SSSR count). The van der Waals surface area contributed by atoms with Gasteiger partial charge in [-0.05, 0) is 19.3 Å². The molecule has 1 N–H and O–H groups in total. The largest absolute Gasteiger partial charge is 0.380 e. The van der Waals surface area contributed by atoms with Crippen molar-refractivity contribution in [2.45, 2.75) is 33.2 Å². The maximum Gasteiger partial charge on any atom is 0.0591 e. The van der Waals surface area contributed by atoms with Crippen molar-refractivity contribution in [3.05, 3.63) is 0 Å². The highest BCUT2D eigenvalue weighted by Crippen LogP contribution is 1.98. The van der Waals surface area contributed by atoms with Crippen molar-refractivity contribution in [1.82, 2.24) is 5.32 Å². The zero-order chi connectivity index (χ0) is 11.7. The molecule has 92 valence electrons. The van der Waals surface area contributed by atoms with Gasteiger partial charge in [0, 0.05) is 42.0 Å². The zero-order valence-electron chi connectivity index (χ0n) is 10.4. The van der Waals surface area contributed by atoms with Crippen LogP contribution in [0.2, 0.25) is 0 Å². The van der Waals surface area contributed by atoms with E-state index < -0.39 is 10.8 Å². The Hall–Kier alpha value is 0.0700. The summed E-state index contributed by atoms with van der Waals surface area (Å²) in [5, 5.41) is 3.28. The zero-order valence-corrected chi connectivity index (χ0v) is 11.2. The smallest absolute Gasteiger partial charge is 0.0591 e. The molecule has 0 fully saturated rings. The van der Waals surface area contributed by atoms with E-state index >= 15 is 0 Å². The van der Waals surface area contributed by atoms with Crippen molar-refractivity contribution in [2.24, 2.45) is 5.92 Å². The van der Waals surface area contributed by atoms with Crippen LogP contribution in [0.1, 0.15) is 27.2 Å². The molecule has 0 radical (unpaired) electrons. The van der Waals surface area contributed by atoms with E-state index in [9.17, 15) is 4.21 Å². The summed E-state index contributed by atoms with van der Waals surface area (Å²) < 4.78 is 16.4. The van der Waals surface area contributed by atoms with E-state index in [0.29, 0.717) is 17.7 Å². The molecule has 0 aliphatic carbocycles. The number of rotatable bonds is 9. The second-order valence-electron chi connectivity index (χ2n) is 4.39. The lowest BCUT2D eigenvalue weighted by molar-refractivity contribution is 0.124. The van der Waals surface area contributed by atoms with E-state index in [1.807, 2.05) is 0 Å². The van der Waals surface area contributed by atoms with Gasteiger partial charge in [-0.1, -0.05) is 13.8 Å². The van der Waals surface area contributed by atoms with Crippen molar-refractivity contribution < 1.29 is 8.95 Å². The average Bonchev–Trinajstić information content (AvgIpc) is 2.09. The first kappa shape index (κ1) is 15.1. The molecular formula is C11H25NO2S. The van der Waals surface area contributed by atoms with Crippen LogP contribution in [0.5, 0.6) is 0 Å². The third kappa shape index (κ3) is 12.0. The van der Waals surface area contributed by atoms with Gasteiger partial charge < -0.3 is 10.1 Å². The van der Waals surface area contributed by atoms with Crippen LogP contribution in [-0.2, 0) is 15.5 Å². The van der Waals surface area contributed by atoms with Crippen molar-refractivity contribution in [3.63, 3.8) is 0 Å². The molecule has 0 aromatic carbocycles. The van der Waals surface area contributed by atoms with Crippen LogP contribution in [0.15, 0.2) is 0 Å². The van der Waals surface area contributed by atoms with Crippen LogP contribution in [0.3, 0.4) is 0 Å². The molecule has 0 heterocycles. The molecule has 0 aliphatic heterocycles. The molecule has 0 spiro atoms. The monoisotopic (exact) mass is 235 g/mol. The molecule has 4 heteroatoms. The van der Waals surface area contributed by atoms with Crippen molar-refractivity contribution in [1.29, 1.82) is 0 Å². The quantitative estimate of drug-likeness (QED) is 0.614. The third-order valence-corrected chi connectivity index (χ3v) is 3.03. The fourth-order valence-electron chi connectivity index (χ4n) is 1.21. The Kier molecular flexibility index (Phi) is 9.35. The van der Waals surface area contributed by atoms with E-state index in [1.54, 1.807) is 6.26 Å². The minimum absolute atomic E-state index is 0.310. The molecule has 0 saturated carbocycles. The van der Waals surface area contributed by atoms with Crippen LogP contribution in [-0.4, -0.2) is 42.0 Å². The van der Waals surface area contributed by atoms with Gasteiger partial charge in [-0.25, -0.2) is 0 Å². The minimum atomic E-state index is -0.714. The van der Waals surface area contributed by atoms with Crippen LogP contribution in [0.25, 0.3) is 0 Å². The lowest BCUT2D eigenvalue weighted by Crippen LogP contribution is -2.33. The van der Waals surface area contributed by atoms with Crippen molar-refractivity contribution in [3.8, 4) is 0 Å². The van der Waals surface area contributed by atoms with E-state index in [1.165, 1.54) is 0 Å². The van der Waals surface area contributed by atoms with Gasteiger partial charge in [-0.15, -0.1) is 0 Å². The molecule has 0 aromatic heterocycles. The summed E-state index contributed by atoms with van der Waals surface area (Å²) in [7, 11) is -0.714. The van der Waals surface area contributed by atoms with Gasteiger partial charge in [0.25, 0.3) is 0 Å². The van der Waals surface area contributed by atoms with Crippen molar-refractivity contribution in [2.75, 3.05) is 31.8 Å². The summed E-state index contributed by atoms with van der Waals surface area (Å²) >= 11 is 0. The maximum absolute atomic E-state index is 10.9. The second kappa shape index (κ2) is 9.31. The molecule has 2 atom stereocenters. The molecule has 0 saturated heterocycles. The predicted molar refractivity (Wildman–Crippen MR) is 66.7 cm³/mol. The number of hydrogen-bond acceptors (Lipinski definition) is 3. The second-order valence-corrected chi connectivity index (χ2v) is 5.87. The van der Waals surface area contributed by atoms with Gasteiger partial charge in [0.1, 0.15) is 0 Å². The van der Waals surface area contributed by atoms with E-state index in [0.717, 1.165) is 26.2 Å². The Bertz CT molecular complexity index is 174. The fraction of sp³-hybridized carbons (Fsp3) is 1.00. The fourth-order valence-corrected chi connectivity index (χ4v) is 2.03. The Labute approximate surface area is 96.4 Å². The van der Waals surface area contributed by atoms with Crippen LogP contribution < -0.4 is 5.32 Å². The first-order chi connectivity index (χ1) is 7.02. The van der Waals surface area contributed by atoms with E-state index in [4.69, 9.17) is 4.74 Å². The highest BCUT2D eigenvalue weighted by molar-refractivity contribution is 7.84. The molecule has 0 amide bonds. The first-order valence-corrected chi connectivity index (χ1v) is 7.36. The standard InChI is InChI=1S/C11H25NO2S/c1-10(2)5-7-14-8-6-12-11(3)9-15(4)13/h10-12H,5-9H2,1-4H3. The Morgan fingerprint density at radius 3 is 2.47 bits per heavy atom. The molecule has 0 bridgehead atoms. The SMILES string of the molecule is CC(C)CCOCCNC(C)CS(C)=O. The van der Waals surface area contributed by atoms with E-state index in [2.05, 4.69) is 26.1 Å². The lowest BCUT2D eigenvalue weighted by Gasteiger charge is -2.12. The molecular weight excluding hydrogens is 210 g/mol. The predicted octanol–water partition coefficient (Wildman–Crippen LogP) is 1.41. The van der Waals surface area contributed by atoms with Gasteiger partial charge in [-0.3, -0.25) is 4.21 Å². The maximum atomic E-state index is 10.9. The molecule has 15 heavy (non-hydrogen) atoms. The molecule has 2 unspecified atom stereocenters. The highest BCUT2D eigenvalue weighted by Gasteiger charge is 2.02. The number of nitrogens with one attached hydrogen (secondary N) is 1. The number of ether oxygens (including phenoxy) is 1. The molecule has 0 aromatic rings. The third-order valence-electron chi connectivity index (χ3n) is 2.06. The average molecular weight is 235 g/mol. The van der Waals surface area contributed by atoms with Gasteiger partial charge >= 0.3 is 0 Å². The minimum Gasteiger partial charge on any atom is -0.380 e. The highest BCUT2D eigenvalue weighted by atomic mass is 32.2. The number of hydrogen-bond donors (Lipinski definition) is 1. The lowest BCUT2D eigenvalue weighted by atomic mass is 10.1. The summed E-state index contributed by atoms with van der Waals surface area (Å²) in [6.07, 6.45) is 2.85. The summed E-state index contributed by atoms with van der Waals surface area (Å²) in [6, 6.07) is 0.310. The van der Waals surface area contributed by atoms with Gasteiger partial charge in [-0.2, -0.15) is 0 Å². The Morgan fingerprint density at radius 1 is 1.27 bits per heavy atom. The van der Waals surface area contributed by atoms with Crippen LogP contribution in [0, 0.1) is 5.92 Å². The van der Waals surface area contributed by atoms with Crippen LogP contribution in [0.4, 0.5) is 0 Å². The normalized spacial score (nSPS) is 15.5. The summed E-state index contributed by atoms with van der Waals surface area (Å²) in [5.41, 5.74) is 0. The van der Waals surface area contributed by atoms with Gasteiger partial charge in [0.05, 0.1) is 6.61 Å². The summed E-state index contributed by atoms with van der Waals surface area (Å²) in [6.45, 7) is 8.87. The van der Waals surface area contributed by atoms with Crippen molar-refractivity contribution >= 4 is 10.8 Å². The first-order valence-electron chi connectivity index (χ1n) is 5.63. The topological polar surface area (TPSA) is 38.3 Å². The molecule has 3 nitrogen and oxygen atoms in total. The Morgan fingerprint density at radius 2 is 1.93 bits per heavy atom. The Balaban J connectivity index is 3.20.